The van der Waals surface area contributed by atoms with Crippen LogP contribution in [0, 0.1) is 0 Å². The van der Waals surface area contributed by atoms with Crippen LogP contribution in [-0.2, 0) is 24.2 Å². The third-order valence-electron chi connectivity index (χ3n) is 5.24. The van der Waals surface area contributed by atoms with E-state index in [0.717, 1.165) is 41.8 Å². The molecule has 0 aliphatic heterocycles. The first-order valence-electron chi connectivity index (χ1n) is 10.8. The van der Waals surface area contributed by atoms with Crippen LogP contribution in [-0.4, -0.2) is 22.0 Å². The molecule has 0 aliphatic rings. The molecular weight excluding hydrogens is 382 g/mol. The fraction of sp³-hybridized carbons (Fsp3) is 0.185. The van der Waals surface area contributed by atoms with Crippen molar-refractivity contribution in [2.45, 2.75) is 25.8 Å². The van der Waals surface area contributed by atoms with E-state index in [4.69, 9.17) is 4.98 Å². The van der Waals surface area contributed by atoms with Gasteiger partial charge in [-0.15, -0.1) is 0 Å². The van der Waals surface area contributed by atoms with Crippen molar-refractivity contribution in [1.29, 1.82) is 0 Å². The Hall–Kier alpha value is -3.66. The molecule has 3 aromatic carbocycles. The van der Waals surface area contributed by atoms with E-state index < -0.39 is 0 Å². The van der Waals surface area contributed by atoms with Crippen molar-refractivity contribution >= 4 is 23.0 Å². The molecule has 4 rings (SSSR count). The van der Waals surface area contributed by atoms with E-state index in [1.54, 1.807) is 0 Å². The zero-order valence-corrected chi connectivity index (χ0v) is 17.6. The van der Waals surface area contributed by atoms with Crippen molar-refractivity contribution in [1.82, 2.24) is 14.9 Å². The average Bonchev–Trinajstić information content (AvgIpc) is 3.16. The number of aromatic nitrogens is 2. The summed E-state index contributed by atoms with van der Waals surface area (Å²) in [6, 6.07) is 28.4. The highest BCUT2D eigenvalue weighted by molar-refractivity contribution is 5.78. The van der Waals surface area contributed by atoms with Gasteiger partial charge in [-0.05, 0) is 29.7 Å². The van der Waals surface area contributed by atoms with Gasteiger partial charge in [0.05, 0.1) is 17.5 Å². The molecule has 1 N–H and O–H groups in total. The summed E-state index contributed by atoms with van der Waals surface area (Å²) >= 11 is 0. The number of fused-ring (bicyclic) bond motifs is 1. The number of nitrogens with zero attached hydrogens (tertiary/aromatic N) is 2. The number of carbonyl (C=O) groups is 1. The van der Waals surface area contributed by atoms with Crippen molar-refractivity contribution in [2.75, 3.05) is 6.54 Å². The number of nitrogens with one attached hydrogen (secondary N) is 1. The molecule has 4 nitrogen and oxygen atoms in total. The summed E-state index contributed by atoms with van der Waals surface area (Å²) in [6.07, 6.45) is 6.41. The zero-order valence-electron chi connectivity index (χ0n) is 17.6. The van der Waals surface area contributed by atoms with E-state index >= 15 is 0 Å². The molecule has 4 aromatic rings. The van der Waals surface area contributed by atoms with E-state index in [2.05, 4.69) is 52.4 Å². The van der Waals surface area contributed by atoms with Crippen molar-refractivity contribution in [3.63, 3.8) is 0 Å². The molecule has 0 atom stereocenters. The summed E-state index contributed by atoms with van der Waals surface area (Å²) in [5.41, 5.74) is 4.38. The average molecular weight is 410 g/mol. The van der Waals surface area contributed by atoms with E-state index in [1.807, 2.05) is 54.6 Å². The van der Waals surface area contributed by atoms with Gasteiger partial charge < -0.3 is 9.88 Å². The molecule has 0 radical (unpaired) electrons. The Labute approximate surface area is 183 Å². The van der Waals surface area contributed by atoms with Crippen LogP contribution in [0.15, 0.2) is 91.0 Å². The predicted octanol–water partition coefficient (Wildman–Crippen LogP) is 5.04. The Morgan fingerprint density at radius 2 is 1.61 bits per heavy atom. The van der Waals surface area contributed by atoms with Crippen molar-refractivity contribution in [3.05, 3.63) is 108 Å². The summed E-state index contributed by atoms with van der Waals surface area (Å²) in [5.74, 6) is 1.11. The standard InChI is InChI=1S/C27H27N3O/c31-27(21-23-13-5-2-6-14-23)28-19-9-18-26-29-24-16-7-8-17-25(24)30(26)20-10-15-22-11-3-1-4-12-22/h1-8,10-17H,9,18-21H2,(H,28,31)/b15-10+. The first-order chi connectivity index (χ1) is 15.3. The van der Waals surface area contributed by atoms with Gasteiger partial charge in [0, 0.05) is 19.5 Å². The Morgan fingerprint density at radius 3 is 2.42 bits per heavy atom. The first-order valence-corrected chi connectivity index (χ1v) is 10.8. The van der Waals surface area contributed by atoms with Crippen LogP contribution in [0.1, 0.15) is 23.4 Å². The maximum absolute atomic E-state index is 12.2. The lowest BCUT2D eigenvalue weighted by Gasteiger charge is -2.08. The SMILES string of the molecule is O=C(Cc1ccccc1)NCCCc1nc2ccccc2n1C/C=C/c1ccccc1. The molecule has 1 aromatic heterocycles. The summed E-state index contributed by atoms with van der Waals surface area (Å²) in [4.78, 5) is 17.0. The second kappa shape index (κ2) is 10.4. The number of amides is 1. The minimum atomic E-state index is 0.0606. The fourth-order valence-corrected chi connectivity index (χ4v) is 3.70. The highest BCUT2D eigenvalue weighted by Gasteiger charge is 2.09. The number of benzene rings is 3. The Bertz CT molecular complexity index is 1150. The van der Waals surface area contributed by atoms with E-state index in [0.29, 0.717) is 13.0 Å². The Morgan fingerprint density at radius 1 is 0.903 bits per heavy atom. The van der Waals surface area contributed by atoms with Crippen LogP contribution in [0.25, 0.3) is 17.1 Å². The van der Waals surface area contributed by atoms with E-state index in [1.165, 1.54) is 5.56 Å². The summed E-state index contributed by atoms with van der Waals surface area (Å²) in [6.45, 7) is 1.42. The lowest BCUT2D eigenvalue weighted by molar-refractivity contribution is -0.120. The van der Waals surface area contributed by atoms with Gasteiger partial charge in [-0.2, -0.15) is 0 Å². The number of imidazole rings is 1. The van der Waals surface area contributed by atoms with Crippen LogP contribution in [0.4, 0.5) is 0 Å². The minimum Gasteiger partial charge on any atom is -0.356 e. The number of allylic oxidation sites excluding steroid dienone is 1. The van der Waals surface area contributed by atoms with Gasteiger partial charge in [0.25, 0.3) is 0 Å². The molecule has 1 heterocycles. The van der Waals surface area contributed by atoms with Crippen molar-refractivity contribution < 1.29 is 4.79 Å². The normalized spacial score (nSPS) is 11.2. The fourth-order valence-electron chi connectivity index (χ4n) is 3.70. The number of rotatable bonds is 9. The predicted molar refractivity (Wildman–Crippen MR) is 127 cm³/mol. The monoisotopic (exact) mass is 409 g/mol. The highest BCUT2D eigenvalue weighted by atomic mass is 16.1. The molecule has 1 amide bonds. The largest absolute Gasteiger partial charge is 0.356 e. The number of hydrogen-bond acceptors (Lipinski definition) is 2. The maximum Gasteiger partial charge on any atom is 0.224 e. The lowest BCUT2D eigenvalue weighted by atomic mass is 10.1. The van der Waals surface area contributed by atoms with Crippen LogP contribution in [0.5, 0.6) is 0 Å². The molecule has 0 spiro atoms. The summed E-state index contributed by atoms with van der Waals surface area (Å²) in [5, 5.41) is 3.03. The van der Waals surface area contributed by atoms with Gasteiger partial charge in [-0.3, -0.25) is 4.79 Å². The molecule has 31 heavy (non-hydrogen) atoms. The first kappa shape index (κ1) is 20.6. The third kappa shape index (κ3) is 5.70. The number of carbonyl (C=O) groups excluding carboxylic acids is 1. The van der Waals surface area contributed by atoms with Gasteiger partial charge in [0.1, 0.15) is 5.82 Å². The Kier molecular flexibility index (Phi) is 6.91. The molecule has 156 valence electrons. The van der Waals surface area contributed by atoms with Gasteiger partial charge in [-0.1, -0.05) is 84.9 Å². The van der Waals surface area contributed by atoms with Gasteiger partial charge in [-0.25, -0.2) is 4.98 Å². The molecule has 0 aliphatic carbocycles. The molecule has 0 saturated carbocycles. The quantitative estimate of drug-likeness (QED) is 0.394. The molecular formula is C27H27N3O. The smallest absolute Gasteiger partial charge is 0.224 e. The second-order valence-electron chi connectivity index (χ2n) is 7.56. The number of para-hydroxylation sites is 2. The second-order valence-corrected chi connectivity index (χ2v) is 7.56. The zero-order chi connectivity index (χ0) is 21.3. The Balaban J connectivity index is 1.36. The maximum atomic E-state index is 12.2. The van der Waals surface area contributed by atoms with Crippen molar-refractivity contribution in [3.8, 4) is 0 Å². The molecule has 0 saturated heterocycles. The van der Waals surface area contributed by atoms with Gasteiger partial charge in [0.15, 0.2) is 0 Å². The van der Waals surface area contributed by atoms with E-state index in [9.17, 15) is 4.79 Å². The van der Waals surface area contributed by atoms with E-state index in [-0.39, 0.29) is 5.91 Å². The molecule has 0 bridgehead atoms. The van der Waals surface area contributed by atoms with Gasteiger partial charge >= 0.3 is 0 Å². The molecule has 0 fully saturated rings. The highest BCUT2D eigenvalue weighted by Crippen LogP contribution is 2.17. The summed E-state index contributed by atoms with van der Waals surface area (Å²) in [7, 11) is 0. The number of hydrogen-bond donors (Lipinski definition) is 1. The van der Waals surface area contributed by atoms with Crippen LogP contribution in [0.3, 0.4) is 0 Å². The van der Waals surface area contributed by atoms with Crippen molar-refractivity contribution in [2.24, 2.45) is 0 Å². The van der Waals surface area contributed by atoms with Crippen LogP contribution < -0.4 is 5.32 Å². The molecule has 0 unspecified atom stereocenters. The topological polar surface area (TPSA) is 46.9 Å². The summed E-state index contributed by atoms with van der Waals surface area (Å²) < 4.78 is 2.26. The van der Waals surface area contributed by atoms with Crippen LogP contribution in [0.2, 0.25) is 0 Å². The number of aryl methyl sites for hydroxylation is 1. The molecule has 4 heteroatoms. The van der Waals surface area contributed by atoms with Crippen LogP contribution >= 0.6 is 0 Å². The third-order valence-corrected chi connectivity index (χ3v) is 5.24. The lowest BCUT2D eigenvalue weighted by Crippen LogP contribution is -2.26. The van der Waals surface area contributed by atoms with Gasteiger partial charge in [0.2, 0.25) is 5.91 Å². The minimum absolute atomic E-state index is 0.0606.